The number of nitrogens with two attached hydrogens (primary N) is 1. The van der Waals surface area contributed by atoms with Crippen molar-refractivity contribution in [3.63, 3.8) is 0 Å². The molecule has 1 unspecified atom stereocenters. The van der Waals surface area contributed by atoms with Gasteiger partial charge in [-0.05, 0) is 45.0 Å². The zero-order valence-corrected chi connectivity index (χ0v) is 10.9. The van der Waals surface area contributed by atoms with Crippen LogP contribution in [0.3, 0.4) is 0 Å². The van der Waals surface area contributed by atoms with Gasteiger partial charge in [0.05, 0.1) is 0 Å². The average molecular weight is 247 g/mol. The van der Waals surface area contributed by atoms with Gasteiger partial charge in [-0.1, -0.05) is 18.2 Å². The molecule has 1 heterocycles. The lowest BCUT2D eigenvalue weighted by Gasteiger charge is -2.31. The molecule has 0 aromatic heterocycles. The Morgan fingerprint density at radius 3 is 2.67 bits per heavy atom. The van der Waals surface area contributed by atoms with Crippen molar-refractivity contribution < 1.29 is 4.79 Å². The summed E-state index contributed by atoms with van der Waals surface area (Å²) in [7, 11) is 2.08. The van der Waals surface area contributed by atoms with Crippen molar-refractivity contribution >= 4 is 11.6 Å². The molecule has 0 saturated carbocycles. The van der Waals surface area contributed by atoms with Gasteiger partial charge in [0.2, 0.25) is 5.91 Å². The number of likely N-dealkylation sites (tertiary alicyclic amines) is 1. The standard InChI is InChI=1S/C14H21N3O/c1-17-10-5-8-14(9-11-17,13(15)18)16-12-6-3-2-4-7-12/h2-4,6-7,16H,5,8-11H2,1H3,(H2,15,18). The molecule has 1 fully saturated rings. The Kier molecular flexibility index (Phi) is 3.87. The van der Waals surface area contributed by atoms with Crippen LogP contribution >= 0.6 is 0 Å². The third kappa shape index (κ3) is 2.82. The number of carbonyl (C=O) groups excluding carboxylic acids is 1. The van der Waals surface area contributed by atoms with Gasteiger partial charge in [0.1, 0.15) is 5.54 Å². The molecule has 18 heavy (non-hydrogen) atoms. The first kappa shape index (κ1) is 12.9. The van der Waals surface area contributed by atoms with E-state index in [9.17, 15) is 4.79 Å². The van der Waals surface area contributed by atoms with Crippen molar-refractivity contribution in [3.05, 3.63) is 30.3 Å². The Balaban J connectivity index is 2.19. The first-order valence-electron chi connectivity index (χ1n) is 6.44. The van der Waals surface area contributed by atoms with Crippen LogP contribution in [0.2, 0.25) is 0 Å². The SMILES string of the molecule is CN1CCCC(Nc2ccccc2)(C(N)=O)CC1. The topological polar surface area (TPSA) is 58.4 Å². The molecular formula is C14H21N3O. The highest BCUT2D eigenvalue weighted by molar-refractivity contribution is 5.88. The molecule has 1 aliphatic rings. The van der Waals surface area contributed by atoms with E-state index in [1.807, 2.05) is 30.3 Å². The van der Waals surface area contributed by atoms with Gasteiger partial charge in [0.25, 0.3) is 0 Å². The van der Waals surface area contributed by atoms with Gasteiger partial charge in [0, 0.05) is 12.2 Å². The Morgan fingerprint density at radius 2 is 2.00 bits per heavy atom. The van der Waals surface area contributed by atoms with Gasteiger partial charge in [-0.3, -0.25) is 4.79 Å². The van der Waals surface area contributed by atoms with Crippen molar-refractivity contribution in [2.45, 2.75) is 24.8 Å². The van der Waals surface area contributed by atoms with Crippen molar-refractivity contribution in [3.8, 4) is 0 Å². The van der Waals surface area contributed by atoms with E-state index >= 15 is 0 Å². The monoisotopic (exact) mass is 247 g/mol. The average Bonchev–Trinajstić information content (AvgIpc) is 2.54. The molecule has 0 bridgehead atoms. The Hall–Kier alpha value is -1.55. The van der Waals surface area contributed by atoms with E-state index in [0.717, 1.165) is 38.0 Å². The molecule has 4 nitrogen and oxygen atoms in total. The first-order valence-corrected chi connectivity index (χ1v) is 6.44. The lowest BCUT2D eigenvalue weighted by Crippen LogP contribution is -2.51. The van der Waals surface area contributed by atoms with E-state index < -0.39 is 5.54 Å². The number of hydrogen-bond donors (Lipinski definition) is 2. The second kappa shape index (κ2) is 5.40. The molecule has 2 rings (SSSR count). The number of carbonyl (C=O) groups is 1. The van der Waals surface area contributed by atoms with Crippen molar-refractivity contribution in [1.82, 2.24) is 4.90 Å². The molecule has 0 aliphatic carbocycles. The van der Waals surface area contributed by atoms with Crippen LogP contribution in [-0.4, -0.2) is 36.5 Å². The summed E-state index contributed by atoms with van der Waals surface area (Å²) >= 11 is 0. The molecule has 0 spiro atoms. The molecule has 1 aromatic rings. The quantitative estimate of drug-likeness (QED) is 0.849. The smallest absolute Gasteiger partial charge is 0.243 e. The minimum atomic E-state index is -0.605. The highest BCUT2D eigenvalue weighted by Crippen LogP contribution is 2.26. The van der Waals surface area contributed by atoms with E-state index in [1.54, 1.807) is 0 Å². The fraction of sp³-hybridized carbons (Fsp3) is 0.500. The zero-order valence-electron chi connectivity index (χ0n) is 10.9. The maximum Gasteiger partial charge on any atom is 0.243 e. The van der Waals surface area contributed by atoms with Gasteiger partial charge < -0.3 is 16.0 Å². The molecule has 1 aromatic carbocycles. The Morgan fingerprint density at radius 1 is 1.28 bits per heavy atom. The molecule has 1 saturated heterocycles. The number of benzene rings is 1. The van der Waals surface area contributed by atoms with Crippen LogP contribution < -0.4 is 11.1 Å². The number of nitrogens with one attached hydrogen (secondary N) is 1. The summed E-state index contributed by atoms with van der Waals surface area (Å²) in [6, 6.07) is 9.82. The van der Waals surface area contributed by atoms with E-state index in [-0.39, 0.29) is 5.91 Å². The summed E-state index contributed by atoms with van der Waals surface area (Å²) in [4.78, 5) is 14.1. The highest BCUT2D eigenvalue weighted by atomic mass is 16.1. The third-order valence-electron chi connectivity index (χ3n) is 3.69. The molecule has 4 heteroatoms. The molecule has 1 aliphatic heterocycles. The lowest BCUT2D eigenvalue weighted by atomic mass is 9.89. The lowest BCUT2D eigenvalue weighted by molar-refractivity contribution is -0.122. The van der Waals surface area contributed by atoms with Gasteiger partial charge in [-0.15, -0.1) is 0 Å². The predicted molar refractivity (Wildman–Crippen MR) is 73.3 cm³/mol. The maximum atomic E-state index is 11.9. The first-order chi connectivity index (χ1) is 8.62. The number of nitrogens with zero attached hydrogens (tertiary/aromatic N) is 1. The number of para-hydroxylation sites is 1. The Bertz CT molecular complexity index is 407. The molecule has 98 valence electrons. The van der Waals surface area contributed by atoms with Gasteiger partial charge in [0.15, 0.2) is 0 Å². The predicted octanol–water partition coefficient (Wildman–Crippen LogP) is 1.44. The number of primary amides is 1. The highest BCUT2D eigenvalue weighted by Gasteiger charge is 2.37. The molecule has 0 radical (unpaired) electrons. The molecule has 1 amide bonds. The van der Waals surface area contributed by atoms with Crippen LogP contribution in [0.15, 0.2) is 30.3 Å². The molecular weight excluding hydrogens is 226 g/mol. The van der Waals surface area contributed by atoms with Crippen LogP contribution in [0.5, 0.6) is 0 Å². The van der Waals surface area contributed by atoms with Gasteiger partial charge in [-0.25, -0.2) is 0 Å². The summed E-state index contributed by atoms with van der Waals surface area (Å²) in [6.45, 7) is 1.91. The van der Waals surface area contributed by atoms with Gasteiger partial charge >= 0.3 is 0 Å². The minimum absolute atomic E-state index is 0.248. The summed E-state index contributed by atoms with van der Waals surface area (Å²) in [6.07, 6.45) is 2.54. The number of hydrogen-bond acceptors (Lipinski definition) is 3. The Labute approximate surface area is 108 Å². The van der Waals surface area contributed by atoms with E-state index in [1.165, 1.54) is 0 Å². The van der Waals surface area contributed by atoms with Crippen LogP contribution in [0, 0.1) is 0 Å². The van der Waals surface area contributed by atoms with Crippen molar-refractivity contribution in [2.24, 2.45) is 5.73 Å². The number of rotatable bonds is 3. The van der Waals surface area contributed by atoms with Crippen LogP contribution in [0.4, 0.5) is 5.69 Å². The van der Waals surface area contributed by atoms with Crippen LogP contribution in [-0.2, 0) is 4.79 Å². The number of anilines is 1. The van der Waals surface area contributed by atoms with E-state index in [4.69, 9.17) is 5.73 Å². The fourth-order valence-electron chi connectivity index (χ4n) is 2.50. The normalized spacial score (nSPS) is 25.4. The summed E-state index contributed by atoms with van der Waals surface area (Å²) in [5.41, 5.74) is 6.00. The summed E-state index contributed by atoms with van der Waals surface area (Å²) < 4.78 is 0. The van der Waals surface area contributed by atoms with Gasteiger partial charge in [-0.2, -0.15) is 0 Å². The second-order valence-electron chi connectivity index (χ2n) is 5.09. The van der Waals surface area contributed by atoms with E-state index in [2.05, 4.69) is 17.3 Å². The minimum Gasteiger partial charge on any atom is -0.371 e. The second-order valence-corrected chi connectivity index (χ2v) is 5.09. The van der Waals surface area contributed by atoms with Crippen LogP contribution in [0.25, 0.3) is 0 Å². The number of amides is 1. The van der Waals surface area contributed by atoms with Crippen molar-refractivity contribution in [1.29, 1.82) is 0 Å². The zero-order chi connectivity index (χ0) is 13.0. The molecule has 3 N–H and O–H groups in total. The fourth-order valence-corrected chi connectivity index (χ4v) is 2.50. The van der Waals surface area contributed by atoms with E-state index in [0.29, 0.717) is 0 Å². The summed E-state index contributed by atoms with van der Waals surface area (Å²) in [5.74, 6) is -0.248. The maximum absolute atomic E-state index is 11.9. The molecule has 1 atom stereocenters. The summed E-state index contributed by atoms with van der Waals surface area (Å²) in [5, 5.41) is 3.35. The van der Waals surface area contributed by atoms with Crippen LogP contribution in [0.1, 0.15) is 19.3 Å². The third-order valence-corrected chi connectivity index (χ3v) is 3.69. The largest absolute Gasteiger partial charge is 0.371 e. The van der Waals surface area contributed by atoms with Crippen molar-refractivity contribution in [2.75, 3.05) is 25.5 Å².